The minimum absolute atomic E-state index is 0.0235. The predicted octanol–water partition coefficient (Wildman–Crippen LogP) is 1.96. The van der Waals surface area contributed by atoms with Gasteiger partial charge >= 0.3 is 0 Å². The summed E-state index contributed by atoms with van der Waals surface area (Å²) in [5, 5.41) is 1.87. The number of piperidine rings is 1. The molecule has 1 heterocycles. The maximum Gasteiger partial charge on any atom is 0.224 e. The summed E-state index contributed by atoms with van der Waals surface area (Å²) < 4.78 is 23.9. The van der Waals surface area contributed by atoms with E-state index in [1.165, 1.54) is 6.42 Å². The number of hydrazine groups is 1. The molecule has 0 spiro atoms. The van der Waals surface area contributed by atoms with Crippen LogP contribution < -0.4 is 4.83 Å². The van der Waals surface area contributed by atoms with Crippen molar-refractivity contribution in [2.24, 2.45) is 5.92 Å². The molecule has 0 aromatic carbocycles. The number of nitrogens with zero attached hydrogens (tertiary/aromatic N) is 1. The first-order valence-electron chi connectivity index (χ1n) is 6.20. The Bertz CT molecular complexity index is 324. The van der Waals surface area contributed by atoms with Crippen LogP contribution in [-0.4, -0.2) is 37.1 Å². The van der Waals surface area contributed by atoms with Gasteiger partial charge in [-0.3, -0.25) is 0 Å². The fourth-order valence-corrected chi connectivity index (χ4v) is 4.08. The molecule has 102 valence electrons. The van der Waals surface area contributed by atoms with E-state index >= 15 is 0 Å². The molecule has 6 heteroatoms. The average molecular weight is 283 g/mol. The molecule has 0 bridgehead atoms. The summed E-state index contributed by atoms with van der Waals surface area (Å²) in [4.78, 5) is 2.71. The second-order valence-electron chi connectivity index (χ2n) is 5.17. The number of hydrogen-bond acceptors (Lipinski definition) is 3. The largest absolute Gasteiger partial charge is 0.225 e. The van der Waals surface area contributed by atoms with E-state index in [0.29, 0.717) is 5.88 Å². The summed E-state index contributed by atoms with van der Waals surface area (Å²) in [6, 6.07) is 0.527. The first-order valence-corrected chi connectivity index (χ1v) is 8.39. The summed E-state index contributed by atoms with van der Waals surface area (Å²) in [6.45, 7) is 5.96. The molecule has 1 saturated heterocycles. The van der Waals surface area contributed by atoms with Crippen LogP contribution >= 0.6 is 11.6 Å². The van der Waals surface area contributed by atoms with Gasteiger partial charge in [0.05, 0.1) is 5.75 Å². The maximum atomic E-state index is 11.9. The number of hydrogen-bond donors (Lipinski definition) is 1. The highest BCUT2D eigenvalue weighted by Crippen LogP contribution is 2.21. The molecule has 1 rings (SSSR count). The first-order chi connectivity index (χ1) is 7.85. The fraction of sp³-hybridized carbons (Fsp3) is 1.00. The Balaban J connectivity index is 2.62. The highest BCUT2D eigenvalue weighted by atomic mass is 35.5. The van der Waals surface area contributed by atoms with Crippen molar-refractivity contribution >= 4 is 21.6 Å². The van der Waals surface area contributed by atoms with Crippen LogP contribution in [-0.2, 0) is 10.0 Å². The lowest BCUT2D eigenvalue weighted by Gasteiger charge is -2.38. The molecule has 0 amide bonds. The van der Waals surface area contributed by atoms with Crippen LogP contribution in [0.3, 0.4) is 0 Å². The van der Waals surface area contributed by atoms with E-state index in [2.05, 4.69) is 18.7 Å². The zero-order valence-electron chi connectivity index (χ0n) is 10.8. The van der Waals surface area contributed by atoms with Crippen molar-refractivity contribution in [3.8, 4) is 0 Å². The van der Waals surface area contributed by atoms with Crippen LogP contribution in [0.5, 0.6) is 0 Å². The Labute approximate surface area is 110 Å². The molecule has 1 aliphatic heterocycles. The molecule has 0 aromatic rings. The lowest BCUT2D eigenvalue weighted by molar-refractivity contribution is 0.0789. The van der Waals surface area contributed by atoms with E-state index in [0.717, 1.165) is 12.8 Å². The molecular weight excluding hydrogens is 260 g/mol. The normalized spacial score (nSPS) is 29.2. The third-order valence-corrected chi connectivity index (χ3v) is 5.23. The van der Waals surface area contributed by atoms with Crippen LogP contribution in [0.15, 0.2) is 0 Å². The Morgan fingerprint density at radius 3 is 2.35 bits per heavy atom. The smallest absolute Gasteiger partial charge is 0.224 e. The Kier molecular flexibility index (Phi) is 5.70. The van der Waals surface area contributed by atoms with Crippen LogP contribution in [0.2, 0.25) is 0 Å². The van der Waals surface area contributed by atoms with Gasteiger partial charge in [0.25, 0.3) is 0 Å². The van der Waals surface area contributed by atoms with E-state index in [1.807, 2.05) is 11.9 Å². The van der Waals surface area contributed by atoms with Crippen molar-refractivity contribution < 1.29 is 8.42 Å². The second-order valence-corrected chi connectivity index (χ2v) is 7.22. The van der Waals surface area contributed by atoms with Crippen molar-refractivity contribution in [1.82, 2.24) is 9.84 Å². The summed E-state index contributed by atoms with van der Waals surface area (Å²) in [6.07, 6.45) is 3.24. The third-order valence-electron chi connectivity index (χ3n) is 3.21. The maximum absolute atomic E-state index is 11.9. The molecule has 0 aliphatic carbocycles. The van der Waals surface area contributed by atoms with Crippen LogP contribution in [0.25, 0.3) is 0 Å². The summed E-state index contributed by atoms with van der Waals surface area (Å²) >= 11 is 5.65. The van der Waals surface area contributed by atoms with Gasteiger partial charge in [-0.2, -0.15) is 0 Å². The Morgan fingerprint density at radius 1 is 1.35 bits per heavy atom. The van der Waals surface area contributed by atoms with E-state index in [-0.39, 0.29) is 23.8 Å². The number of rotatable bonds is 5. The van der Waals surface area contributed by atoms with Crippen LogP contribution in [0, 0.1) is 5.92 Å². The zero-order valence-corrected chi connectivity index (χ0v) is 12.4. The Morgan fingerprint density at radius 2 is 1.88 bits per heavy atom. The molecule has 0 radical (unpaired) electrons. The summed E-state index contributed by atoms with van der Waals surface area (Å²) in [5.41, 5.74) is 0. The predicted molar refractivity (Wildman–Crippen MR) is 71.4 cm³/mol. The van der Waals surface area contributed by atoms with Gasteiger partial charge in [0, 0.05) is 18.0 Å². The summed E-state index contributed by atoms with van der Waals surface area (Å²) in [7, 11) is -3.27. The fourth-order valence-electron chi connectivity index (χ4n) is 2.22. The van der Waals surface area contributed by atoms with Gasteiger partial charge in [0.15, 0.2) is 0 Å². The summed E-state index contributed by atoms with van der Waals surface area (Å²) in [5.74, 6) is 0.433. The molecule has 3 unspecified atom stereocenters. The van der Waals surface area contributed by atoms with Gasteiger partial charge in [0.2, 0.25) is 10.0 Å². The molecule has 1 N–H and O–H groups in total. The monoisotopic (exact) mass is 282 g/mol. The van der Waals surface area contributed by atoms with Crippen LogP contribution in [0.1, 0.15) is 40.0 Å². The lowest BCUT2D eigenvalue weighted by atomic mass is 10.0. The standard InChI is InChI=1S/C11H23ClN2O2S/c1-9(7-12)8-17(15,16)13-14-10(2)5-4-6-11(14)3/h9-11,13H,4-8H2,1-3H3. The zero-order chi connectivity index (χ0) is 13.1. The van der Waals surface area contributed by atoms with E-state index in [1.54, 1.807) is 0 Å². The van der Waals surface area contributed by atoms with E-state index < -0.39 is 10.0 Å². The molecular formula is C11H23ClN2O2S. The first kappa shape index (κ1) is 15.2. The highest BCUT2D eigenvalue weighted by molar-refractivity contribution is 7.89. The van der Waals surface area contributed by atoms with Gasteiger partial charge in [-0.1, -0.05) is 13.3 Å². The molecule has 4 nitrogen and oxygen atoms in total. The second kappa shape index (κ2) is 6.36. The van der Waals surface area contributed by atoms with Crippen molar-refractivity contribution in [2.75, 3.05) is 11.6 Å². The Hall–Kier alpha value is 0.160. The molecule has 17 heavy (non-hydrogen) atoms. The van der Waals surface area contributed by atoms with Gasteiger partial charge in [-0.15, -0.1) is 16.4 Å². The number of nitrogens with one attached hydrogen (secondary N) is 1. The molecule has 1 fully saturated rings. The highest BCUT2D eigenvalue weighted by Gasteiger charge is 2.28. The minimum atomic E-state index is -3.27. The molecule has 0 aromatic heterocycles. The molecule has 0 saturated carbocycles. The van der Waals surface area contributed by atoms with Crippen molar-refractivity contribution in [3.05, 3.63) is 0 Å². The van der Waals surface area contributed by atoms with Crippen molar-refractivity contribution in [1.29, 1.82) is 0 Å². The van der Waals surface area contributed by atoms with Crippen LogP contribution in [0.4, 0.5) is 0 Å². The van der Waals surface area contributed by atoms with E-state index in [4.69, 9.17) is 11.6 Å². The topological polar surface area (TPSA) is 49.4 Å². The molecule has 3 atom stereocenters. The van der Waals surface area contributed by atoms with Gasteiger partial charge in [0.1, 0.15) is 0 Å². The number of alkyl halides is 1. The minimum Gasteiger partial charge on any atom is -0.225 e. The third kappa shape index (κ3) is 4.73. The van der Waals surface area contributed by atoms with Gasteiger partial charge in [-0.05, 0) is 32.6 Å². The van der Waals surface area contributed by atoms with Gasteiger partial charge < -0.3 is 0 Å². The quantitative estimate of drug-likeness (QED) is 0.784. The van der Waals surface area contributed by atoms with E-state index in [9.17, 15) is 8.42 Å². The van der Waals surface area contributed by atoms with Crippen molar-refractivity contribution in [2.45, 2.75) is 52.1 Å². The molecule has 1 aliphatic rings. The number of halogens is 1. The van der Waals surface area contributed by atoms with Crippen molar-refractivity contribution in [3.63, 3.8) is 0 Å². The SMILES string of the molecule is CC(CCl)CS(=O)(=O)NN1C(C)CCCC1C. The number of sulfonamides is 1. The average Bonchev–Trinajstić information content (AvgIpc) is 2.23. The lowest BCUT2D eigenvalue weighted by Crippen LogP contribution is -2.54. The van der Waals surface area contributed by atoms with Gasteiger partial charge in [-0.25, -0.2) is 13.4 Å².